The Balaban J connectivity index is 2.17. The fourth-order valence-corrected chi connectivity index (χ4v) is 2.59. The van der Waals surface area contributed by atoms with Crippen molar-refractivity contribution >= 4 is 0 Å². The van der Waals surface area contributed by atoms with Crippen LogP contribution in [0.1, 0.15) is 18.6 Å². The molecule has 136 valence electrons. The predicted molar refractivity (Wildman–Crippen MR) is 82.3 cm³/mol. The second-order valence-corrected chi connectivity index (χ2v) is 5.77. The minimum atomic E-state index is -1.54. The summed E-state index contributed by atoms with van der Waals surface area (Å²) in [5.41, 5.74) is 0.614. The summed E-state index contributed by atoms with van der Waals surface area (Å²) in [6, 6.07) is 6.78. The summed E-state index contributed by atoms with van der Waals surface area (Å²) in [5, 5.41) is 48.8. The lowest BCUT2D eigenvalue weighted by atomic mass is 9.99. The molecule has 1 heterocycles. The van der Waals surface area contributed by atoms with E-state index in [0.29, 0.717) is 11.3 Å². The third-order valence-corrected chi connectivity index (χ3v) is 4.01. The van der Waals surface area contributed by atoms with E-state index >= 15 is 0 Å². The molecule has 0 aliphatic carbocycles. The van der Waals surface area contributed by atoms with Gasteiger partial charge in [-0.05, 0) is 24.6 Å². The first-order valence-corrected chi connectivity index (χ1v) is 7.67. The van der Waals surface area contributed by atoms with E-state index in [1.807, 2.05) is 0 Å². The van der Waals surface area contributed by atoms with E-state index < -0.39 is 49.5 Å². The van der Waals surface area contributed by atoms with Crippen molar-refractivity contribution in [3.05, 3.63) is 29.8 Å². The van der Waals surface area contributed by atoms with Gasteiger partial charge in [-0.2, -0.15) is 0 Å². The molecule has 0 unspecified atom stereocenters. The van der Waals surface area contributed by atoms with Crippen LogP contribution in [0.15, 0.2) is 24.3 Å². The maximum absolute atomic E-state index is 10.0. The standard InChI is InChI=1S/C16H24O8/c1-8(18)15(9-3-5-10(22-2)6-4-9)24-16-14(21)13(20)12(19)11(7-17)23-16/h3-6,8,11-21H,7H2,1-2H3/t8-,11+,12+,13-,14+,15-,16-/m0/s1. The Hall–Kier alpha value is -1.26. The third kappa shape index (κ3) is 4.04. The highest BCUT2D eigenvalue weighted by molar-refractivity contribution is 5.29. The van der Waals surface area contributed by atoms with Crippen molar-refractivity contribution in [3.63, 3.8) is 0 Å². The second kappa shape index (κ2) is 8.21. The van der Waals surface area contributed by atoms with Crippen LogP contribution >= 0.6 is 0 Å². The van der Waals surface area contributed by atoms with Crippen LogP contribution in [0.5, 0.6) is 5.75 Å². The zero-order valence-electron chi connectivity index (χ0n) is 13.5. The molecular weight excluding hydrogens is 320 g/mol. The molecule has 0 saturated carbocycles. The van der Waals surface area contributed by atoms with Crippen LogP contribution in [0.3, 0.4) is 0 Å². The molecule has 8 heteroatoms. The molecule has 1 fully saturated rings. The molecule has 7 atom stereocenters. The van der Waals surface area contributed by atoms with Gasteiger partial charge in [-0.1, -0.05) is 12.1 Å². The van der Waals surface area contributed by atoms with Crippen LogP contribution in [0.2, 0.25) is 0 Å². The first-order valence-electron chi connectivity index (χ1n) is 7.67. The summed E-state index contributed by atoms with van der Waals surface area (Å²) in [4.78, 5) is 0. The highest BCUT2D eigenvalue weighted by atomic mass is 16.7. The molecule has 0 radical (unpaired) electrons. The number of ether oxygens (including phenoxy) is 3. The van der Waals surface area contributed by atoms with Crippen molar-refractivity contribution in [1.29, 1.82) is 0 Å². The quantitative estimate of drug-likeness (QED) is 0.441. The number of rotatable bonds is 6. The Morgan fingerprint density at radius 1 is 1.08 bits per heavy atom. The van der Waals surface area contributed by atoms with Crippen molar-refractivity contribution < 1.29 is 39.7 Å². The van der Waals surface area contributed by atoms with Crippen LogP contribution in [0, 0.1) is 0 Å². The van der Waals surface area contributed by atoms with Gasteiger partial charge in [-0.25, -0.2) is 0 Å². The van der Waals surface area contributed by atoms with Gasteiger partial charge < -0.3 is 39.7 Å². The molecule has 1 aromatic carbocycles. The molecular formula is C16H24O8. The SMILES string of the molecule is COc1ccc([C@@H](O[C@@H]2O[C@H](CO)[C@@H](O)[C@H](O)[C@H]2O)[C@H](C)O)cc1. The Labute approximate surface area is 139 Å². The number of methoxy groups -OCH3 is 1. The molecule has 1 saturated heterocycles. The topological polar surface area (TPSA) is 129 Å². The molecule has 8 nitrogen and oxygen atoms in total. The van der Waals surface area contributed by atoms with Crippen molar-refractivity contribution in [2.45, 2.75) is 49.8 Å². The molecule has 0 aromatic heterocycles. The number of aliphatic hydroxyl groups is 5. The average molecular weight is 344 g/mol. The Morgan fingerprint density at radius 2 is 1.71 bits per heavy atom. The Morgan fingerprint density at radius 3 is 2.21 bits per heavy atom. The van der Waals surface area contributed by atoms with Crippen molar-refractivity contribution in [1.82, 2.24) is 0 Å². The minimum Gasteiger partial charge on any atom is -0.497 e. The molecule has 0 amide bonds. The normalized spacial score (nSPS) is 33.0. The van der Waals surface area contributed by atoms with Gasteiger partial charge in [0.05, 0.1) is 19.8 Å². The Kier molecular flexibility index (Phi) is 6.53. The van der Waals surface area contributed by atoms with Gasteiger partial charge in [0.25, 0.3) is 0 Å². The average Bonchev–Trinajstić information content (AvgIpc) is 2.59. The first kappa shape index (κ1) is 19.1. The van der Waals surface area contributed by atoms with E-state index in [9.17, 15) is 25.5 Å². The lowest BCUT2D eigenvalue weighted by molar-refractivity contribution is -0.317. The van der Waals surface area contributed by atoms with Crippen molar-refractivity contribution in [2.75, 3.05) is 13.7 Å². The van der Waals surface area contributed by atoms with Crippen LogP contribution in [-0.4, -0.2) is 76.1 Å². The van der Waals surface area contributed by atoms with Crippen LogP contribution in [-0.2, 0) is 9.47 Å². The van der Waals surface area contributed by atoms with Crippen LogP contribution < -0.4 is 4.74 Å². The molecule has 0 spiro atoms. The summed E-state index contributed by atoms with van der Waals surface area (Å²) in [6.45, 7) is 0.964. The maximum atomic E-state index is 10.0. The van der Waals surface area contributed by atoms with Gasteiger partial charge in [-0.15, -0.1) is 0 Å². The Bertz CT molecular complexity index is 503. The lowest BCUT2D eigenvalue weighted by Crippen LogP contribution is -2.59. The molecule has 24 heavy (non-hydrogen) atoms. The molecule has 5 N–H and O–H groups in total. The zero-order valence-corrected chi connectivity index (χ0v) is 13.5. The van der Waals surface area contributed by atoms with Gasteiger partial charge in [0.2, 0.25) is 0 Å². The van der Waals surface area contributed by atoms with E-state index in [-0.39, 0.29) is 0 Å². The van der Waals surface area contributed by atoms with Crippen molar-refractivity contribution in [2.24, 2.45) is 0 Å². The van der Waals surface area contributed by atoms with Gasteiger partial charge in [0.15, 0.2) is 6.29 Å². The highest BCUT2D eigenvalue weighted by Gasteiger charge is 2.45. The minimum absolute atomic E-state index is 0.549. The molecule has 1 aliphatic heterocycles. The van der Waals surface area contributed by atoms with E-state index in [0.717, 1.165) is 0 Å². The summed E-state index contributed by atoms with van der Waals surface area (Å²) in [5.74, 6) is 0.635. The smallest absolute Gasteiger partial charge is 0.187 e. The summed E-state index contributed by atoms with van der Waals surface area (Å²) >= 11 is 0. The monoisotopic (exact) mass is 344 g/mol. The van der Waals surface area contributed by atoms with Gasteiger partial charge in [-0.3, -0.25) is 0 Å². The predicted octanol–water partition coefficient (Wildman–Crippen LogP) is -1.07. The molecule has 1 aliphatic rings. The fourth-order valence-electron chi connectivity index (χ4n) is 2.59. The second-order valence-electron chi connectivity index (χ2n) is 5.77. The van der Waals surface area contributed by atoms with Gasteiger partial charge in [0.1, 0.15) is 36.3 Å². The van der Waals surface area contributed by atoms with E-state index in [1.54, 1.807) is 24.3 Å². The number of benzene rings is 1. The lowest BCUT2D eigenvalue weighted by Gasteiger charge is -2.41. The van der Waals surface area contributed by atoms with Crippen molar-refractivity contribution in [3.8, 4) is 5.75 Å². The van der Waals surface area contributed by atoms with Gasteiger partial charge in [0, 0.05) is 0 Å². The highest BCUT2D eigenvalue weighted by Crippen LogP contribution is 2.30. The number of hydrogen-bond acceptors (Lipinski definition) is 8. The number of hydrogen-bond donors (Lipinski definition) is 5. The molecule has 0 bridgehead atoms. The summed E-state index contributed by atoms with van der Waals surface area (Å²) < 4.78 is 16.0. The van der Waals surface area contributed by atoms with E-state index in [4.69, 9.17) is 14.2 Å². The van der Waals surface area contributed by atoms with E-state index in [1.165, 1.54) is 14.0 Å². The molecule has 1 aromatic rings. The summed E-state index contributed by atoms with van der Waals surface area (Å²) in [6.07, 6.45) is -8.70. The fraction of sp³-hybridized carbons (Fsp3) is 0.625. The first-order chi connectivity index (χ1) is 11.4. The third-order valence-electron chi connectivity index (χ3n) is 4.01. The zero-order chi connectivity index (χ0) is 17.9. The maximum Gasteiger partial charge on any atom is 0.187 e. The van der Waals surface area contributed by atoms with Crippen LogP contribution in [0.25, 0.3) is 0 Å². The van der Waals surface area contributed by atoms with Crippen LogP contribution in [0.4, 0.5) is 0 Å². The largest absolute Gasteiger partial charge is 0.497 e. The number of aliphatic hydroxyl groups excluding tert-OH is 5. The van der Waals surface area contributed by atoms with Gasteiger partial charge >= 0.3 is 0 Å². The summed E-state index contributed by atoms with van der Waals surface area (Å²) in [7, 11) is 1.53. The molecule has 2 rings (SSSR count). The van der Waals surface area contributed by atoms with E-state index in [2.05, 4.69) is 0 Å².